The standard InChI is InChI=1S/C26H37NO3.C4H6O2/c1-18-10-11-20(14-19(18)2)15-26(3,4)27-16-22(28)17-30-25(21-12-13-21)23-8-6-7-9-24(23)29-5;1-2-3-4(5)6/h6-11,14,21-22,25,27-28H,12-13,15-17H2,1-5H3;2-3H,1H3,(H,5,6)/b;3-2+/t22-,25?;/m1./s1. The quantitative estimate of drug-likeness (QED) is 0.340. The number of methoxy groups -OCH3 is 1. The highest BCUT2D eigenvalue weighted by atomic mass is 16.5. The van der Waals surface area contributed by atoms with Crippen LogP contribution in [-0.4, -0.2) is 48.1 Å². The second kappa shape index (κ2) is 14.2. The fraction of sp³-hybridized carbons (Fsp3) is 0.500. The molecule has 1 aliphatic carbocycles. The van der Waals surface area contributed by atoms with Crippen LogP contribution in [0.25, 0.3) is 0 Å². The summed E-state index contributed by atoms with van der Waals surface area (Å²) in [4.78, 5) is 9.51. The number of ether oxygens (including phenoxy) is 2. The molecule has 0 heterocycles. The maximum Gasteiger partial charge on any atom is 0.327 e. The number of β-amino-alcohol motifs (C(OH)–C–C–N with tert-alkyl or cyclic N) is 1. The first-order chi connectivity index (χ1) is 17.1. The first kappa shape index (κ1) is 29.6. The molecule has 0 spiro atoms. The molecule has 198 valence electrons. The molecule has 2 aromatic carbocycles. The minimum Gasteiger partial charge on any atom is -0.496 e. The van der Waals surface area contributed by atoms with Crippen molar-refractivity contribution in [2.45, 2.75) is 71.6 Å². The van der Waals surface area contributed by atoms with Gasteiger partial charge in [-0.1, -0.05) is 42.5 Å². The number of aliphatic hydroxyl groups is 1. The highest BCUT2D eigenvalue weighted by Crippen LogP contribution is 2.45. The predicted octanol–water partition coefficient (Wildman–Crippen LogP) is 5.40. The molecule has 1 saturated carbocycles. The van der Waals surface area contributed by atoms with E-state index in [-0.39, 0.29) is 11.6 Å². The van der Waals surface area contributed by atoms with Gasteiger partial charge in [-0.3, -0.25) is 0 Å². The molecule has 3 rings (SSSR count). The van der Waals surface area contributed by atoms with E-state index in [0.29, 0.717) is 19.1 Å². The number of benzene rings is 2. The molecule has 3 N–H and O–H groups in total. The van der Waals surface area contributed by atoms with Crippen LogP contribution in [0.2, 0.25) is 0 Å². The van der Waals surface area contributed by atoms with Crippen LogP contribution in [0.5, 0.6) is 5.75 Å². The van der Waals surface area contributed by atoms with Crippen LogP contribution in [0, 0.1) is 19.8 Å². The Morgan fingerprint density at radius 1 is 1.17 bits per heavy atom. The Morgan fingerprint density at radius 3 is 2.42 bits per heavy atom. The Morgan fingerprint density at radius 2 is 1.86 bits per heavy atom. The van der Waals surface area contributed by atoms with E-state index in [4.69, 9.17) is 14.6 Å². The van der Waals surface area contributed by atoms with E-state index >= 15 is 0 Å². The second-order valence-electron chi connectivity index (χ2n) is 10.2. The Kier molecular flexibility index (Phi) is 11.6. The lowest BCUT2D eigenvalue weighted by atomic mass is 9.93. The van der Waals surface area contributed by atoms with Crippen molar-refractivity contribution in [1.29, 1.82) is 0 Å². The third kappa shape index (κ3) is 10.1. The van der Waals surface area contributed by atoms with Gasteiger partial charge in [-0.25, -0.2) is 4.79 Å². The molecule has 0 aliphatic heterocycles. The lowest BCUT2D eigenvalue weighted by Gasteiger charge is -2.29. The summed E-state index contributed by atoms with van der Waals surface area (Å²) in [5.41, 5.74) is 4.92. The van der Waals surface area contributed by atoms with Crippen molar-refractivity contribution >= 4 is 5.97 Å². The van der Waals surface area contributed by atoms with E-state index in [1.165, 1.54) is 35.6 Å². The second-order valence-corrected chi connectivity index (χ2v) is 10.2. The zero-order valence-electron chi connectivity index (χ0n) is 22.6. The summed E-state index contributed by atoms with van der Waals surface area (Å²) in [7, 11) is 1.69. The van der Waals surface area contributed by atoms with Crippen molar-refractivity contribution < 1.29 is 24.5 Å². The summed E-state index contributed by atoms with van der Waals surface area (Å²) in [6.45, 7) is 11.1. The van der Waals surface area contributed by atoms with E-state index in [1.807, 2.05) is 18.2 Å². The normalized spacial score (nSPS) is 15.2. The van der Waals surface area contributed by atoms with Crippen LogP contribution in [0.3, 0.4) is 0 Å². The molecule has 0 saturated heterocycles. The Labute approximate surface area is 216 Å². The lowest BCUT2D eigenvalue weighted by Crippen LogP contribution is -2.46. The molecule has 36 heavy (non-hydrogen) atoms. The third-order valence-electron chi connectivity index (χ3n) is 6.31. The predicted molar refractivity (Wildman–Crippen MR) is 145 cm³/mol. The summed E-state index contributed by atoms with van der Waals surface area (Å²) < 4.78 is 11.7. The number of aliphatic carboxylic acids is 1. The van der Waals surface area contributed by atoms with Gasteiger partial charge in [0.1, 0.15) is 5.75 Å². The number of carboxylic acids is 1. The van der Waals surface area contributed by atoms with E-state index in [2.05, 4.69) is 57.3 Å². The SMILES string of the molecule is C/C=C/C(=O)O.COc1ccccc1C(OC[C@H](O)CNC(C)(C)Cc1ccc(C)c(C)c1)C1CC1. The summed E-state index contributed by atoms with van der Waals surface area (Å²) in [5.74, 6) is 0.483. The van der Waals surface area contributed by atoms with Gasteiger partial charge >= 0.3 is 5.97 Å². The number of aryl methyl sites for hydroxylation is 2. The number of hydrogen-bond donors (Lipinski definition) is 3. The van der Waals surface area contributed by atoms with Gasteiger partial charge in [-0.05, 0) is 82.6 Å². The van der Waals surface area contributed by atoms with Crippen molar-refractivity contribution in [1.82, 2.24) is 5.32 Å². The van der Waals surface area contributed by atoms with Crippen molar-refractivity contribution in [3.63, 3.8) is 0 Å². The number of hydrogen-bond acceptors (Lipinski definition) is 5. The molecule has 1 unspecified atom stereocenters. The van der Waals surface area contributed by atoms with Crippen LogP contribution in [0.4, 0.5) is 0 Å². The van der Waals surface area contributed by atoms with Gasteiger partial charge in [0.15, 0.2) is 0 Å². The Balaban J connectivity index is 0.000000678. The number of carbonyl (C=O) groups is 1. The smallest absolute Gasteiger partial charge is 0.327 e. The molecule has 6 nitrogen and oxygen atoms in total. The summed E-state index contributed by atoms with van der Waals surface area (Å²) in [6.07, 6.45) is 5.23. The topological polar surface area (TPSA) is 88.0 Å². The van der Waals surface area contributed by atoms with Gasteiger partial charge < -0.3 is 25.0 Å². The largest absolute Gasteiger partial charge is 0.496 e. The zero-order chi connectivity index (χ0) is 26.7. The van der Waals surface area contributed by atoms with E-state index in [0.717, 1.165) is 23.8 Å². The van der Waals surface area contributed by atoms with Crippen molar-refractivity contribution in [3.05, 3.63) is 76.9 Å². The van der Waals surface area contributed by atoms with Gasteiger partial charge in [0.05, 0.1) is 25.9 Å². The minimum absolute atomic E-state index is 0.0145. The molecular formula is C30H43NO5. The highest BCUT2D eigenvalue weighted by Gasteiger charge is 2.35. The average Bonchev–Trinajstić information content (AvgIpc) is 3.66. The van der Waals surface area contributed by atoms with Gasteiger partial charge in [-0.2, -0.15) is 0 Å². The Bertz CT molecular complexity index is 997. The number of nitrogens with one attached hydrogen (secondary N) is 1. The highest BCUT2D eigenvalue weighted by molar-refractivity contribution is 5.79. The van der Waals surface area contributed by atoms with E-state index in [1.54, 1.807) is 14.0 Å². The molecule has 0 radical (unpaired) electrons. The van der Waals surface area contributed by atoms with Crippen LogP contribution in [0.15, 0.2) is 54.6 Å². The number of rotatable bonds is 12. The molecule has 0 bridgehead atoms. The van der Waals surface area contributed by atoms with E-state index < -0.39 is 12.1 Å². The molecular weight excluding hydrogens is 454 g/mol. The van der Waals surface area contributed by atoms with Crippen LogP contribution >= 0.6 is 0 Å². The summed E-state index contributed by atoms with van der Waals surface area (Å²) in [6, 6.07) is 14.7. The number of carboxylic acid groups (broad SMARTS) is 1. The van der Waals surface area contributed by atoms with Crippen LogP contribution in [-0.2, 0) is 16.0 Å². The van der Waals surface area contributed by atoms with Gasteiger partial charge in [-0.15, -0.1) is 0 Å². The minimum atomic E-state index is -0.891. The number of aliphatic hydroxyl groups excluding tert-OH is 1. The molecule has 2 atom stereocenters. The number of para-hydroxylation sites is 1. The summed E-state index contributed by atoms with van der Waals surface area (Å²) in [5, 5.41) is 21.9. The maximum atomic E-state index is 10.6. The fourth-order valence-electron chi connectivity index (χ4n) is 4.08. The van der Waals surface area contributed by atoms with E-state index in [9.17, 15) is 9.90 Å². The zero-order valence-corrected chi connectivity index (χ0v) is 22.6. The van der Waals surface area contributed by atoms with Crippen molar-refractivity contribution in [2.24, 2.45) is 5.92 Å². The first-order valence-electron chi connectivity index (χ1n) is 12.7. The van der Waals surface area contributed by atoms with Gasteiger partial charge in [0.25, 0.3) is 0 Å². The molecule has 1 fully saturated rings. The molecule has 1 aliphatic rings. The third-order valence-corrected chi connectivity index (χ3v) is 6.31. The maximum absolute atomic E-state index is 10.6. The molecule has 0 amide bonds. The molecule has 6 heteroatoms. The van der Waals surface area contributed by atoms with Crippen molar-refractivity contribution in [2.75, 3.05) is 20.3 Å². The van der Waals surface area contributed by atoms with Crippen molar-refractivity contribution in [3.8, 4) is 5.75 Å². The lowest BCUT2D eigenvalue weighted by molar-refractivity contribution is -0.131. The monoisotopic (exact) mass is 497 g/mol. The molecule has 2 aromatic rings. The average molecular weight is 498 g/mol. The number of allylic oxidation sites excluding steroid dienone is 1. The first-order valence-corrected chi connectivity index (χ1v) is 12.7. The van der Waals surface area contributed by atoms with Crippen LogP contribution < -0.4 is 10.1 Å². The summed E-state index contributed by atoms with van der Waals surface area (Å²) >= 11 is 0. The molecule has 0 aromatic heterocycles. The fourth-order valence-corrected chi connectivity index (χ4v) is 4.08. The van der Waals surface area contributed by atoms with Gasteiger partial charge in [0.2, 0.25) is 0 Å². The Hall–Kier alpha value is -2.67. The van der Waals surface area contributed by atoms with Gasteiger partial charge in [0, 0.05) is 23.7 Å². The van der Waals surface area contributed by atoms with Crippen LogP contribution in [0.1, 0.15) is 62.0 Å².